The Morgan fingerprint density at radius 2 is 2.00 bits per heavy atom. The van der Waals surface area contributed by atoms with E-state index in [1.165, 1.54) is 11.5 Å². The monoisotopic (exact) mass is 305 g/mol. The molecule has 0 bridgehead atoms. The summed E-state index contributed by atoms with van der Waals surface area (Å²) in [7, 11) is 1.71. The summed E-state index contributed by atoms with van der Waals surface area (Å²) in [6, 6.07) is 8.16. The number of nitrogens with zero attached hydrogens (tertiary/aromatic N) is 2. The lowest BCUT2D eigenvalue weighted by Gasteiger charge is -2.24. The smallest absolute Gasteiger partial charge is 0.124 e. The molecule has 1 N–H and O–H groups in total. The second-order valence-corrected chi connectivity index (χ2v) is 6.75. The van der Waals surface area contributed by atoms with Crippen LogP contribution in [0, 0.1) is 0 Å². The maximum atomic E-state index is 5.52. The Morgan fingerprint density at radius 3 is 2.62 bits per heavy atom. The first-order chi connectivity index (χ1) is 9.99. The highest BCUT2D eigenvalue weighted by molar-refractivity contribution is 7.05. The molecule has 1 atom stereocenters. The van der Waals surface area contributed by atoms with Crippen molar-refractivity contribution in [1.29, 1.82) is 0 Å². The molecule has 0 amide bonds. The van der Waals surface area contributed by atoms with E-state index in [0.29, 0.717) is 0 Å². The summed E-state index contributed by atoms with van der Waals surface area (Å²) in [6.45, 7) is 9.47. The summed E-state index contributed by atoms with van der Waals surface area (Å²) in [6.07, 6.45) is 0. The Hall–Kier alpha value is -1.46. The molecule has 21 heavy (non-hydrogen) atoms. The van der Waals surface area contributed by atoms with Gasteiger partial charge in [0, 0.05) is 11.0 Å². The van der Waals surface area contributed by atoms with E-state index in [0.717, 1.165) is 28.4 Å². The zero-order valence-electron chi connectivity index (χ0n) is 13.3. The summed E-state index contributed by atoms with van der Waals surface area (Å²) >= 11 is 1.46. The van der Waals surface area contributed by atoms with Crippen molar-refractivity contribution in [1.82, 2.24) is 14.9 Å². The van der Waals surface area contributed by atoms with Crippen molar-refractivity contribution >= 4 is 11.5 Å². The topological polar surface area (TPSA) is 47.0 Å². The summed E-state index contributed by atoms with van der Waals surface area (Å²) in [4.78, 5) is 1.16. The van der Waals surface area contributed by atoms with Gasteiger partial charge in [-0.2, -0.15) is 0 Å². The lowest BCUT2D eigenvalue weighted by molar-refractivity contribution is 0.404. The van der Waals surface area contributed by atoms with Gasteiger partial charge in [0.05, 0.1) is 23.7 Å². The molecule has 4 nitrogen and oxygen atoms in total. The zero-order valence-corrected chi connectivity index (χ0v) is 14.1. The van der Waals surface area contributed by atoms with Gasteiger partial charge in [0.25, 0.3) is 0 Å². The quantitative estimate of drug-likeness (QED) is 0.918. The average Bonchev–Trinajstić information content (AvgIpc) is 2.94. The summed E-state index contributed by atoms with van der Waals surface area (Å²) < 4.78 is 9.70. The molecule has 1 heterocycles. The van der Waals surface area contributed by atoms with E-state index in [-0.39, 0.29) is 11.5 Å². The maximum absolute atomic E-state index is 5.52. The van der Waals surface area contributed by atoms with Crippen molar-refractivity contribution in [3.63, 3.8) is 0 Å². The highest BCUT2D eigenvalue weighted by atomic mass is 32.1. The van der Waals surface area contributed by atoms with Gasteiger partial charge in [0.15, 0.2) is 0 Å². The Kier molecular flexibility index (Phi) is 4.96. The molecule has 0 spiro atoms. The highest BCUT2D eigenvalue weighted by Gasteiger charge is 2.29. The zero-order chi connectivity index (χ0) is 15.5. The number of ether oxygens (including phenoxy) is 1. The van der Waals surface area contributed by atoms with Gasteiger partial charge in [0.1, 0.15) is 5.75 Å². The maximum Gasteiger partial charge on any atom is 0.124 e. The number of benzene rings is 1. The van der Waals surface area contributed by atoms with E-state index < -0.39 is 0 Å². The summed E-state index contributed by atoms with van der Waals surface area (Å²) in [5.74, 6) is 0.886. The lowest BCUT2D eigenvalue weighted by Crippen LogP contribution is -2.25. The number of aromatic nitrogens is 2. The first-order valence-electron chi connectivity index (χ1n) is 7.18. The van der Waals surface area contributed by atoms with Gasteiger partial charge in [-0.25, -0.2) is 0 Å². The molecule has 0 radical (unpaired) electrons. The van der Waals surface area contributed by atoms with Crippen molar-refractivity contribution in [2.45, 2.75) is 39.2 Å². The predicted octanol–water partition coefficient (Wildman–Crippen LogP) is 3.54. The van der Waals surface area contributed by atoms with Gasteiger partial charge in [-0.3, -0.25) is 0 Å². The van der Waals surface area contributed by atoms with E-state index in [1.54, 1.807) is 7.11 Å². The summed E-state index contributed by atoms with van der Waals surface area (Å²) in [5, 5.41) is 7.90. The van der Waals surface area contributed by atoms with Crippen LogP contribution in [0.5, 0.6) is 5.75 Å². The van der Waals surface area contributed by atoms with Crippen LogP contribution in [0.25, 0.3) is 0 Å². The average molecular weight is 305 g/mol. The number of methoxy groups -OCH3 is 1. The number of nitrogens with one attached hydrogen (secondary N) is 1. The fraction of sp³-hybridized carbons (Fsp3) is 0.500. The SMILES string of the molecule is CCNC(c1ccccc1OC)c1snnc1C(C)(C)C. The van der Waals surface area contributed by atoms with Gasteiger partial charge in [0.2, 0.25) is 0 Å². The first-order valence-corrected chi connectivity index (χ1v) is 7.95. The van der Waals surface area contributed by atoms with E-state index in [2.05, 4.69) is 48.7 Å². The van der Waals surface area contributed by atoms with Crippen LogP contribution in [0.1, 0.15) is 49.9 Å². The third-order valence-corrected chi connectivity index (χ3v) is 4.13. The van der Waals surface area contributed by atoms with E-state index in [9.17, 15) is 0 Å². The van der Waals surface area contributed by atoms with Crippen LogP contribution in [0.4, 0.5) is 0 Å². The molecule has 0 aliphatic heterocycles. The van der Waals surface area contributed by atoms with Gasteiger partial charge in [-0.1, -0.05) is 50.4 Å². The van der Waals surface area contributed by atoms with Crippen molar-refractivity contribution in [2.24, 2.45) is 0 Å². The molecule has 0 saturated heterocycles. The highest BCUT2D eigenvalue weighted by Crippen LogP contribution is 2.36. The largest absolute Gasteiger partial charge is 0.496 e. The van der Waals surface area contributed by atoms with Crippen LogP contribution < -0.4 is 10.1 Å². The van der Waals surface area contributed by atoms with E-state index >= 15 is 0 Å². The molecule has 0 aliphatic carbocycles. The molecule has 2 rings (SSSR count). The lowest BCUT2D eigenvalue weighted by atomic mass is 9.88. The van der Waals surface area contributed by atoms with Crippen LogP contribution in [-0.2, 0) is 5.41 Å². The Balaban J connectivity index is 2.52. The molecule has 1 aromatic carbocycles. The molecule has 0 fully saturated rings. The minimum atomic E-state index is -0.0297. The molecular formula is C16H23N3OS. The van der Waals surface area contributed by atoms with Crippen molar-refractivity contribution in [3.05, 3.63) is 40.4 Å². The predicted molar refractivity (Wildman–Crippen MR) is 87.1 cm³/mol. The van der Waals surface area contributed by atoms with E-state index in [1.807, 2.05) is 18.2 Å². The van der Waals surface area contributed by atoms with Crippen molar-refractivity contribution < 1.29 is 4.74 Å². The van der Waals surface area contributed by atoms with Gasteiger partial charge >= 0.3 is 0 Å². The molecule has 5 heteroatoms. The molecule has 0 aliphatic rings. The summed E-state index contributed by atoms with van der Waals surface area (Å²) in [5.41, 5.74) is 2.14. The van der Waals surface area contributed by atoms with Gasteiger partial charge < -0.3 is 10.1 Å². The van der Waals surface area contributed by atoms with Crippen LogP contribution in [0.2, 0.25) is 0 Å². The number of para-hydroxylation sites is 1. The second kappa shape index (κ2) is 6.54. The van der Waals surface area contributed by atoms with Crippen LogP contribution in [-0.4, -0.2) is 23.2 Å². The first kappa shape index (κ1) is 15.9. The van der Waals surface area contributed by atoms with Gasteiger partial charge in [-0.15, -0.1) is 5.10 Å². The van der Waals surface area contributed by atoms with E-state index in [4.69, 9.17) is 4.74 Å². The standard InChI is InChI=1S/C16H23N3OS/c1-6-17-13(11-9-7-8-10-12(11)20-5)14-15(16(2,3)4)18-19-21-14/h7-10,13,17H,6H2,1-5H3. The number of hydrogen-bond acceptors (Lipinski definition) is 5. The van der Waals surface area contributed by atoms with Crippen LogP contribution in [0.15, 0.2) is 24.3 Å². The molecule has 0 saturated carbocycles. The van der Waals surface area contributed by atoms with Crippen molar-refractivity contribution in [3.8, 4) is 5.75 Å². The van der Waals surface area contributed by atoms with Crippen molar-refractivity contribution in [2.75, 3.05) is 13.7 Å². The fourth-order valence-corrected chi connectivity index (χ4v) is 3.32. The van der Waals surface area contributed by atoms with Gasteiger partial charge in [-0.05, 0) is 24.1 Å². The molecule has 2 aromatic rings. The molecule has 114 valence electrons. The third-order valence-electron chi connectivity index (χ3n) is 3.34. The minimum absolute atomic E-state index is 0.0297. The number of hydrogen-bond donors (Lipinski definition) is 1. The minimum Gasteiger partial charge on any atom is -0.496 e. The van der Waals surface area contributed by atoms with Crippen LogP contribution >= 0.6 is 11.5 Å². The normalized spacial score (nSPS) is 13.2. The Morgan fingerprint density at radius 1 is 1.29 bits per heavy atom. The van der Waals surface area contributed by atoms with Crippen LogP contribution in [0.3, 0.4) is 0 Å². The second-order valence-electron chi connectivity index (χ2n) is 5.97. The third kappa shape index (κ3) is 3.41. The Labute approximate surface area is 130 Å². The molecular weight excluding hydrogens is 282 g/mol. The Bertz CT molecular complexity index is 589. The molecule has 1 aromatic heterocycles. The molecule has 1 unspecified atom stereocenters. The fourth-order valence-electron chi connectivity index (χ4n) is 2.36. The number of rotatable bonds is 5.